The van der Waals surface area contributed by atoms with Crippen molar-refractivity contribution >= 4 is 40.8 Å². The van der Waals surface area contributed by atoms with Crippen LogP contribution in [0, 0.1) is 10.1 Å². The molecular formula is C24H24N3O5P. The summed E-state index contributed by atoms with van der Waals surface area (Å²) >= 11 is 0. The van der Waals surface area contributed by atoms with Crippen LogP contribution in [0.4, 0.5) is 11.5 Å². The van der Waals surface area contributed by atoms with E-state index in [4.69, 9.17) is 14.0 Å². The number of hydrogen-bond donors (Lipinski definition) is 1. The first-order chi connectivity index (χ1) is 15.9. The van der Waals surface area contributed by atoms with Crippen LogP contribution >= 0.6 is 7.60 Å². The minimum absolute atomic E-state index is 0.00913. The Kier molecular flexibility index (Phi) is 6.70. The molecule has 0 atom stereocenters. The average molecular weight is 465 g/mol. The molecule has 0 aliphatic carbocycles. The Morgan fingerprint density at radius 3 is 2.39 bits per heavy atom. The number of nitrogens with one attached hydrogen (secondary N) is 1. The van der Waals surface area contributed by atoms with Crippen LogP contribution in [0.25, 0.3) is 32.8 Å². The maximum Gasteiger partial charge on any atom is 0.349 e. The summed E-state index contributed by atoms with van der Waals surface area (Å²) in [5, 5.41) is 17.3. The first kappa shape index (κ1) is 22.9. The normalized spacial score (nSPS) is 11.7. The van der Waals surface area contributed by atoms with E-state index in [0.29, 0.717) is 22.3 Å². The lowest BCUT2D eigenvalue weighted by molar-refractivity contribution is -0.384. The van der Waals surface area contributed by atoms with E-state index in [2.05, 4.69) is 5.32 Å². The van der Waals surface area contributed by atoms with Crippen molar-refractivity contribution in [3.63, 3.8) is 0 Å². The number of anilines is 1. The van der Waals surface area contributed by atoms with Gasteiger partial charge >= 0.3 is 7.60 Å². The lowest BCUT2D eigenvalue weighted by Crippen LogP contribution is -2.09. The van der Waals surface area contributed by atoms with E-state index in [1.54, 1.807) is 32.0 Å². The van der Waals surface area contributed by atoms with Crippen LogP contribution in [-0.2, 0) is 13.6 Å². The van der Waals surface area contributed by atoms with Crippen molar-refractivity contribution in [2.45, 2.75) is 13.8 Å². The molecule has 0 saturated heterocycles. The summed E-state index contributed by atoms with van der Waals surface area (Å²) in [6.45, 7) is 4.03. The van der Waals surface area contributed by atoms with E-state index in [0.717, 1.165) is 16.3 Å². The molecule has 0 saturated carbocycles. The molecule has 170 valence electrons. The molecule has 33 heavy (non-hydrogen) atoms. The van der Waals surface area contributed by atoms with Crippen molar-refractivity contribution in [1.29, 1.82) is 0 Å². The highest BCUT2D eigenvalue weighted by molar-refractivity contribution is 7.53. The van der Waals surface area contributed by atoms with Gasteiger partial charge in [0.1, 0.15) is 12.1 Å². The highest BCUT2D eigenvalue weighted by Gasteiger charge is 2.23. The summed E-state index contributed by atoms with van der Waals surface area (Å²) in [6.07, 6.45) is -0.0379. The Labute approximate surface area is 191 Å². The number of non-ortho nitro benzene ring substituents is 1. The number of rotatable bonds is 9. The first-order valence-electron chi connectivity index (χ1n) is 10.6. The minimum Gasteiger partial charge on any atom is -0.359 e. The zero-order chi connectivity index (χ0) is 23.4. The van der Waals surface area contributed by atoms with Crippen LogP contribution in [0.3, 0.4) is 0 Å². The molecule has 0 bridgehead atoms. The van der Waals surface area contributed by atoms with Gasteiger partial charge in [0.25, 0.3) is 5.69 Å². The van der Waals surface area contributed by atoms with E-state index in [-0.39, 0.29) is 25.2 Å². The predicted octanol–water partition coefficient (Wildman–Crippen LogP) is 6.60. The molecule has 0 fully saturated rings. The van der Waals surface area contributed by atoms with Gasteiger partial charge in [0.15, 0.2) is 0 Å². The number of nitrogens with zero attached hydrogens (tertiary/aromatic N) is 2. The van der Waals surface area contributed by atoms with Crippen LogP contribution in [0.1, 0.15) is 13.8 Å². The summed E-state index contributed by atoms with van der Waals surface area (Å²) in [7, 11) is -3.31. The van der Waals surface area contributed by atoms with Crippen LogP contribution in [0.15, 0.2) is 66.7 Å². The largest absolute Gasteiger partial charge is 0.359 e. The van der Waals surface area contributed by atoms with Gasteiger partial charge in [0, 0.05) is 23.1 Å². The molecule has 0 aliphatic heterocycles. The fraction of sp³-hybridized carbons (Fsp3) is 0.208. The zero-order valence-electron chi connectivity index (χ0n) is 18.4. The Morgan fingerprint density at radius 1 is 0.939 bits per heavy atom. The number of aromatic nitrogens is 1. The van der Waals surface area contributed by atoms with Gasteiger partial charge in [0.05, 0.1) is 23.7 Å². The Balaban J connectivity index is 1.83. The summed E-state index contributed by atoms with van der Waals surface area (Å²) in [4.78, 5) is 15.9. The van der Waals surface area contributed by atoms with Gasteiger partial charge in [-0.3, -0.25) is 14.7 Å². The average Bonchev–Trinajstić information content (AvgIpc) is 2.82. The second-order valence-electron chi connectivity index (χ2n) is 7.33. The lowest BCUT2D eigenvalue weighted by Gasteiger charge is -2.18. The zero-order valence-corrected chi connectivity index (χ0v) is 19.2. The fourth-order valence-corrected chi connectivity index (χ4v) is 5.19. The van der Waals surface area contributed by atoms with Crippen LogP contribution in [0.2, 0.25) is 0 Å². The van der Waals surface area contributed by atoms with Crippen LogP contribution in [0.5, 0.6) is 0 Å². The smallest absolute Gasteiger partial charge is 0.349 e. The second-order valence-corrected chi connectivity index (χ2v) is 9.38. The van der Waals surface area contributed by atoms with Crippen molar-refractivity contribution in [2.75, 3.05) is 24.8 Å². The van der Waals surface area contributed by atoms with Crippen molar-refractivity contribution in [3.05, 3.63) is 76.8 Å². The molecule has 1 aromatic heterocycles. The molecule has 4 rings (SSSR count). The van der Waals surface area contributed by atoms with Gasteiger partial charge in [-0.05, 0) is 42.3 Å². The van der Waals surface area contributed by atoms with Crippen LogP contribution in [-0.4, -0.2) is 29.4 Å². The van der Waals surface area contributed by atoms with Gasteiger partial charge in [-0.25, -0.2) is 4.98 Å². The number of nitro benzene ring substituents is 1. The molecule has 0 spiro atoms. The standard InChI is InChI=1S/C24H24N3O5P/c1-3-31-33(30,32-4-2)16-25-23-13-12-18-14-19(27(28)29)15-22(24(18)26-23)21-11-7-9-17-8-5-6-10-20(17)21/h5-15H,3-4,16H2,1-2H3,(H,25,26). The Bertz CT molecular complexity index is 1360. The third kappa shape index (κ3) is 4.88. The lowest BCUT2D eigenvalue weighted by atomic mass is 9.95. The quantitative estimate of drug-likeness (QED) is 0.169. The molecule has 1 heterocycles. The minimum atomic E-state index is -3.31. The Morgan fingerprint density at radius 2 is 1.67 bits per heavy atom. The van der Waals surface area contributed by atoms with E-state index in [9.17, 15) is 14.7 Å². The third-order valence-electron chi connectivity index (χ3n) is 5.17. The maximum absolute atomic E-state index is 12.8. The van der Waals surface area contributed by atoms with E-state index in [1.807, 2.05) is 42.5 Å². The van der Waals surface area contributed by atoms with Gasteiger partial charge in [-0.1, -0.05) is 42.5 Å². The molecular weight excluding hydrogens is 441 g/mol. The van der Waals surface area contributed by atoms with Gasteiger partial charge in [0.2, 0.25) is 0 Å². The summed E-state index contributed by atoms with van der Waals surface area (Å²) in [6, 6.07) is 20.2. The van der Waals surface area contributed by atoms with E-state index >= 15 is 0 Å². The number of hydrogen-bond acceptors (Lipinski definition) is 7. The summed E-state index contributed by atoms with van der Waals surface area (Å²) in [5.41, 5.74) is 2.09. The van der Waals surface area contributed by atoms with Crippen molar-refractivity contribution in [1.82, 2.24) is 4.98 Å². The fourth-order valence-electron chi connectivity index (χ4n) is 3.79. The SMILES string of the molecule is CCOP(=O)(CNc1ccc2cc([N+](=O)[O-])cc(-c3cccc4ccccc34)c2n1)OCC. The molecule has 3 aromatic carbocycles. The topological polar surface area (TPSA) is 104 Å². The van der Waals surface area contributed by atoms with Gasteiger partial charge in [-0.2, -0.15) is 0 Å². The van der Waals surface area contributed by atoms with Crippen molar-refractivity contribution < 1.29 is 18.5 Å². The molecule has 4 aromatic rings. The van der Waals surface area contributed by atoms with Gasteiger partial charge in [-0.15, -0.1) is 0 Å². The van der Waals surface area contributed by atoms with Gasteiger partial charge < -0.3 is 14.4 Å². The molecule has 9 heteroatoms. The van der Waals surface area contributed by atoms with E-state index in [1.165, 1.54) is 6.07 Å². The monoisotopic (exact) mass is 465 g/mol. The second kappa shape index (κ2) is 9.67. The molecule has 0 amide bonds. The maximum atomic E-state index is 12.8. The third-order valence-corrected chi connectivity index (χ3v) is 7.02. The molecule has 0 radical (unpaired) electrons. The summed E-state index contributed by atoms with van der Waals surface area (Å²) < 4.78 is 23.5. The van der Waals surface area contributed by atoms with Crippen molar-refractivity contribution in [2.24, 2.45) is 0 Å². The van der Waals surface area contributed by atoms with Crippen LogP contribution < -0.4 is 5.32 Å². The molecule has 8 nitrogen and oxygen atoms in total. The summed E-state index contributed by atoms with van der Waals surface area (Å²) in [5.74, 6) is 0.470. The highest BCUT2D eigenvalue weighted by Crippen LogP contribution is 2.47. The molecule has 0 aliphatic rings. The number of pyridine rings is 1. The molecule has 1 N–H and O–H groups in total. The number of benzene rings is 3. The number of fused-ring (bicyclic) bond motifs is 2. The highest BCUT2D eigenvalue weighted by atomic mass is 31.2. The Hall–Kier alpha value is -3.32. The number of nitro groups is 1. The van der Waals surface area contributed by atoms with E-state index < -0.39 is 12.5 Å². The molecule has 0 unspecified atom stereocenters. The predicted molar refractivity (Wildman–Crippen MR) is 131 cm³/mol. The first-order valence-corrected chi connectivity index (χ1v) is 12.4. The van der Waals surface area contributed by atoms with Crippen molar-refractivity contribution in [3.8, 4) is 11.1 Å².